The van der Waals surface area contributed by atoms with E-state index in [4.69, 9.17) is 4.42 Å². The molecule has 0 bridgehead atoms. The van der Waals surface area contributed by atoms with Gasteiger partial charge >= 0.3 is 0 Å². The fourth-order valence-electron chi connectivity index (χ4n) is 11.6. The Bertz CT molecular complexity index is 3630. The largest absolute Gasteiger partial charge is 0.456 e. The summed E-state index contributed by atoms with van der Waals surface area (Å²) in [5.74, 6) is 0. The van der Waals surface area contributed by atoms with Gasteiger partial charge in [-0.05, 0) is 141 Å². The molecule has 0 unspecified atom stereocenters. The van der Waals surface area contributed by atoms with Crippen molar-refractivity contribution in [3.8, 4) is 55.6 Å². The second kappa shape index (κ2) is 12.2. The maximum atomic E-state index is 6.87. The smallest absolute Gasteiger partial charge is 0.136 e. The van der Waals surface area contributed by atoms with Crippen LogP contribution >= 0.6 is 0 Å². The predicted octanol–water partition coefficient (Wildman–Crippen LogP) is 16.7. The fraction of sp³-hybridized carbons (Fsp3) is 0.100. The fourth-order valence-corrected chi connectivity index (χ4v) is 11.6. The van der Waals surface area contributed by atoms with Crippen LogP contribution in [0.5, 0.6) is 0 Å². The highest BCUT2D eigenvalue weighted by Gasteiger charge is 2.41. The number of furan rings is 1. The van der Waals surface area contributed by atoms with E-state index < -0.39 is 0 Å². The first kappa shape index (κ1) is 34.6. The average molecular weight is 779 g/mol. The molecule has 13 rings (SSSR count). The van der Waals surface area contributed by atoms with Crippen molar-refractivity contribution in [2.45, 2.75) is 38.5 Å². The molecular formula is C60H42O. The SMILES string of the molecule is CC1(C)c2ccc(-c3cc4oc5cc6ccccc6cc5c4c4c3-c3ccccc3C4(C)C)cc2-c2ccc(-c3c4ccccc4c(-c4ccccc4)c4ccccc34)cc21. The van der Waals surface area contributed by atoms with Gasteiger partial charge in [0.1, 0.15) is 11.2 Å². The van der Waals surface area contributed by atoms with Gasteiger partial charge < -0.3 is 4.42 Å². The zero-order valence-corrected chi connectivity index (χ0v) is 34.7. The van der Waals surface area contributed by atoms with Crippen LogP contribution in [-0.2, 0) is 10.8 Å². The number of hydrogen-bond donors (Lipinski definition) is 0. The Labute approximate surface area is 355 Å². The third-order valence-corrected chi connectivity index (χ3v) is 14.4. The molecule has 0 saturated carbocycles. The molecule has 11 aromatic rings. The minimum absolute atomic E-state index is 0.184. The molecule has 0 spiro atoms. The van der Waals surface area contributed by atoms with Gasteiger partial charge in [0.2, 0.25) is 0 Å². The van der Waals surface area contributed by atoms with Crippen LogP contribution in [0.1, 0.15) is 49.9 Å². The van der Waals surface area contributed by atoms with Gasteiger partial charge in [0, 0.05) is 21.6 Å². The van der Waals surface area contributed by atoms with Gasteiger partial charge in [-0.3, -0.25) is 0 Å². The summed E-state index contributed by atoms with van der Waals surface area (Å²) in [5, 5.41) is 9.97. The third-order valence-electron chi connectivity index (χ3n) is 14.4. The van der Waals surface area contributed by atoms with Gasteiger partial charge in [0.15, 0.2) is 0 Å². The molecule has 2 aliphatic rings. The molecular weight excluding hydrogens is 737 g/mol. The number of hydrogen-bond acceptors (Lipinski definition) is 1. The van der Waals surface area contributed by atoms with E-state index in [1.54, 1.807) is 0 Å². The normalized spacial score (nSPS) is 14.5. The van der Waals surface area contributed by atoms with Crippen LogP contribution in [0.25, 0.3) is 110 Å². The second-order valence-corrected chi connectivity index (χ2v) is 18.4. The molecule has 0 saturated heterocycles. The van der Waals surface area contributed by atoms with Crippen LogP contribution in [0.2, 0.25) is 0 Å². The Morgan fingerprint density at radius 1 is 0.328 bits per heavy atom. The minimum Gasteiger partial charge on any atom is -0.456 e. The molecule has 1 aromatic heterocycles. The molecule has 1 heteroatoms. The Balaban J connectivity index is 1.02. The lowest BCUT2D eigenvalue weighted by Gasteiger charge is -2.23. The first-order chi connectivity index (χ1) is 29.8. The van der Waals surface area contributed by atoms with E-state index >= 15 is 0 Å². The maximum absolute atomic E-state index is 6.87. The summed E-state index contributed by atoms with van der Waals surface area (Å²) in [6.07, 6.45) is 0. The van der Waals surface area contributed by atoms with E-state index in [0.29, 0.717) is 0 Å². The summed E-state index contributed by atoms with van der Waals surface area (Å²) in [7, 11) is 0. The van der Waals surface area contributed by atoms with Crippen LogP contribution in [0.3, 0.4) is 0 Å². The monoisotopic (exact) mass is 778 g/mol. The van der Waals surface area contributed by atoms with E-state index in [-0.39, 0.29) is 10.8 Å². The maximum Gasteiger partial charge on any atom is 0.136 e. The lowest BCUT2D eigenvalue weighted by Crippen LogP contribution is -2.15. The quantitative estimate of drug-likeness (QED) is 0.163. The van der Waals surface area contributed by atoms with Gasteiger partial charge in [-0.1, -0.05) is 179 Å². The number of rotatable bonds is 3. The number of benzene rings is 10. The highest BCUT2D eigenvalue weighted by atomic mass is 16.3. The Hall–Kier alpha value is -7.22. The van der Waals surface area contributed by atoms with E-state index in [1.807, 2.05) is 0 Å². The number of fused-ring (bicyclic) bond motifs is 13. The molecule has 0 amide bonds. The zero-order valence-electron chi connectivity index (χ0n) is 34.7. The molecule has 0 N–H and O–H groups in total. The first-order valence-corrected chi connectivity index (χ1v) is 21.6. The van der Waals surface area contributed by atoms with E-state index in [9.17, 15) is 0 Å². The summed E-state index contributed by atoms with van der Waals surface area (Å²) in [6, 6.07) is 67.8. The Morgan fingerprint density at radius 2 is 0.918 bits per heavy atom. The Morgan fingerprint density at radius 3 is 1.64 bits per heavy atom. The standard InChI is InChI=1S/C60H42O/c1-59(2)50-29-27-38(46-34-53-57(48-30-36-18-8-9-19-37(36)33-52(48)61-53)58-56(46)45-24-14-15-25-49(45)60(58,3)4)31-47(50)40-28-26-39(32-51(40)59)55-43-22-12-10-20-41(43)54(35-16-6-5-7-17-35)42-21-11-13-23-44(42)55/h5-34H,1-4H3. The van der Waals surface area contributed by atoms with Gasteiger partial charge in [-0.2, -0.15) is 0 Å². The van der Waals surface area contributed by atoms with E-state index in [1.165, 1.54) is 121 Å². The van der Waals surface area contributed by atoms with Gasteiger partial charge in [0.25, 0.3) is 0 Å². The molecule has 2 aliphatic carbocycles. The summed E-state index contributed by atoms with van der Waals surface area (Å²) >= 11 is 0. The van der Waals surface area contributed by atoms with Crippen molar-refractivity contribution in [2.24, 2.45) is 0 Å². The summed E-state index contributed by atoms with van der Waals surface area (Å²) < 4.78 is 6.87. The highest BCUT2D eigenvalue weighted by molar-refractivity contribution is 6.22. The van der Waals surface area contributed by atoms with Crippen molar-refractivity contribution in [1.82, 2.24) is 0 Å². The minimum atomic E-state index is -0.210. The molecule has 61 heavy (non-hydrogen) atoms. The first-order valence-electron chi connectivity index (χ1n) is 21.6. The molecule has 1 nitrogen and oxygen atoms in total. The molecule has 1 heterocycles. The third kappa shape index (κ3) is 4.67. The molecule has 0 aliphatic heterocycles. The molecule has 288 valence electrons. The van der Waals surface area contributed by atoms with Crippen molar-refractivity contribution in [3.63, 3.8) is 0 Å². The second-order valence-electron chi connectivity index (χ2n) is 18.4. The summed E-state index contributed by atoms with van der Waals surface area (Å²) in [6.45, 7) is 9.58. The van der Waals surface area contributed by atoms with Crippen molar-refractivity contribution >= 4 is 54.3 Å². The van der Waals surface area contributed by atoms with Crippen LogP contribution in [0.15, 0.2) is 186 Å². The predicted molar refractivity (Wildman–Crippen MR) is 258 cm³/mol. The zero-order chi connectivity index (χ0) is 40.8. The van der Waals surface area contributed by atoms with Gasteiger partial charge in [-0.25, -0.2) is 0 Å². The summed E-state index contributed by atoms with van der Waals surface area (Å²) in [5.41, 5.74) is 19.8. The van der Waals surface area contributed by atoms with Crippen molar-refractivity contribution in [1.29, 1.82) is 0 Å². The van der Waals surface area contributed by atoms with Crippen molar-refractivity contribution in [3.05, 3.63) is 204 Å². The van der Waals surface area contributed by atoms with Crippen LogP contribution in [0, 0.1) is 0 Å². The highest BCUT2D eigenvalue weighted by Crippen LogP contribution is 2.58. The van der Waals surface area contributed by atoms with Gasteiger partial charge in [-0.15, -0.1) is 0 Å². The van der Waals surface area contributed by atoms with Crippen molar-refractivity contribution in [2.75, 3.05) is 0 Å². The molecule has 10 aromatic carbocycles. The Kier molecular flexibility index (Phi) is 6.91. The molecule has 0 radical (unpaired) electrons. The molecule has 0 atom stereocenters. The van der Waals surface area contributed by atoms with Crippen LogP contribution < -0.4 is 0 Å². The van der Waals surface area contributed by atoms with E-state index in [2.05, 4.69) is 210 Å². The van der Waals surface area contributed by atoms with Gasteiger partial charge in [0.05, 0.1) is 0 Å². The van der Waals surface area contributed by atoms with Crippen molar-refractivity contribution < 1.29 is 4.42 Å². The summed E-state index contributed by atoms with van der Waals surface area (Å²) in [4.78, 5) is 0. The van der Waals surface area contributed by atoms with E-state index in [0.717, 1.165) is 11.2 Å². The van der Waals surface area contributed by atoms with Crippen LogP contribution in [0.4, 0.5) is 0 Å². The van der Waals surface area contributed by atoms with Crippen LogP contribution in [-0.4, -0.2) is 0 Å². The topological polar surface area (TPSA) is 13.1 Å². The average Bonchev–Trinajstić information content (AvgIpc) is 3.85. The lowest BCUT2D eigenvalue weighted by molar-refractivity contribution is 0.657. The lowest BCUT2D eigenvalue weighted by atomic mass is 9.79. The molecule has 0 fully saturated rings.